The fourth-order valence-corrected chi connectivity index (χ4v) is 2.02. The molecule has 3 N–H and O–H groups in total. The van der Waals surface area contributed by atoms with Gasteiger partial charge in [0.05, 0.1) is 6.42 Å². The second-order valence-corrected chi connectivity index (χ2v) is 5.22. The Bertz CT molecular complexity index is 422. The number of aliphatic carboxylic acids is 1. The van der Waals surface area contributed by atoms with Crippen LogP contribution < -0.4 is 5.73 Å². The third-order valence-electron chi connectivity index (χ3n) is 3.06. The fraction of sp³-hybridized carbons (Fsp3) is 0.500. The Kier molecular flexibility index (Phi) is 3.94. The molecule has 0 aromatic heterocycles. The van der Waals surface area contributed by atoms with Gasteiger partial charge in [-0.25, -0.2) is 0 Å². The van der Waals surface area contributed by atoms with Gasteiger partial charge < -0.3 is 10.8 Å². The van der Waals surface area contributed by atoms with Crippen LogP contribution in [0.3, 0.4) is 0 Å². The van der Waals surface area contributed by atoms with E-state index in [4.69, 9.17) is 10.8 Å². The molecular weight excluding hydrogens is 214 g/mol. The van der Waals surface area contributed by atoms with Crippen LogP contribution in [0.4, 0.5) is 0 Å². The molecule has 0 aliphatic carbocycles. The molecule has 0 fully saturated rings. The van der Waals surface area contributed by atoms with Crippen molar-refractivity contribution in [3.8, 4) is 0 Å². The molecule has 0 spiro atoms. The number of hydrogen-bond donors (Lipinski definition) is 2. The van der Waals surface area contributed by atoms with E-state index in [1.54, 1.807) is 6.92 Å². The molecule has 3 heteroatoms. The van der Waals surface area contributed by atoms with Gasteiger partial charge in [-0.15, -0.1) is 0 Å². The highest BCUT2D eigenvalue weighted by Gasteiger charge is 2.26. The minimum absolute atomic E-state index is 0.0601. The second-order valence-electron chi connectivity index (χ2n) is 5.22. The van der Waals surface area contributed by atoms with Crippen LogP contribution >= 0.6 is 0 Å². The first kappa shape index (κ1) is 13.7. The minimum atomic E-state index is -0.871. The van der Waals surface area contributed by atoms with Crippen LogP contribution in [0.1, 0.15) is 49.8 Å². The second kappa shape index (κ2) is 4.88. The zero-order chi connectivity index (χ0) is 13.2. The molecule has 0 saturated heterocycles. The maximum absolute atomic E-state index is 10.8. The van der Waals surface area contributed by atoms with Crippen LogP contribution in [0, 0.1) is 6.92 Å². The summed E-state index contributed by atoms with van der Waals surface area (Å²) < 4.78 is 0. The lowest BCUT2D eigenvalue weighted by molar-refractivity contribution is -0.138. The predicted octanol–water partition coefficient (Wildman–Crippen LogP) is 2.77. The Hall–Kier alpha value is -1.35. The van der Waals surface area contributed by atoms with Gasteiger partial charge in [-0.2, -0.15) is 0 Å². The van der Waals surface area contributed by atoms with Crippen LogP contribution in [0.25, 0.3) is 0 Å². The minimum Gasteiger partial charge on any atom is -0.481 e. The monoisotopic (exact) mass is 235 g/mol. The molecular formula is C14H21NO2. The van der Waals surface area contributed by atoms with Gasteiger partial charge >= 0.3 is 5.97 Å². The highest BCUT2D eigenvalue weighted by atomic mass is 16.4. The Morgan fingerprint density at radius 2 is 2.06 bits per heavy atom. The molecule has 1 aromatic rings. The zero-order valence-corrected chi connectivity index (χ0v) is 10.9. The van der Waals surface area contributed by atoms with Crippen molar-refractivity contribution in [2.24, 2.45) is 5.73 Å². The number of benzene rings is 1. The van der Waals surface area contributed by atoms with Crippen LogP contribution in [0.5, 0.6) is 0 Å². The lowest BCUT2D eigenvalue weighted by Gasteiger charge is -2.26. The van der Waals surface area contributed by atoms with Crippen molar-refractivity contribution in [1.29, 1.82) is 0 Å². The molecule has 1 rings (SSSR count). The first-order valence-corrected chi connectivity index (χ1v) is 5.85. The van der Waals surface area contributed by atoms with Crippen molar-refractivity contribution < 1.29 is 9.90 Å². The number of rotatable bonds is 4. The number of nitrogens with two attached hydrogens (primary N) is 1. The molecule has 94 valence electrons. The highest BCUT2D eigenvalue weighted by Crippen LogP contribution is 2.28. The molecule has 0 radical (unpaired) electrons. The van der Waals surface area contributed by atoms with E-state index in [9.17, 15) is 4.79 Å². The van der Waals surface area contributed by atoms with E-state index in [2.05, 4.69) is 19.9 Å². The van der Waals surface area contributed by atoms with Gasteiger partial charge in [-0.1, -0.05) is 32.0 Å². The molecule has 0 amide bonds. The van der Waals surface area contributed by atoms with Crippen LogP contribution in [0.2, 0.25) is 0 Å². The van der Waals surface area contributed by atoms with Crippen LogP contribution in [-0.4, -0.2) is 11.1 Å². The molecule has 0 aliphatic rings. The van der Waals surface area contributed by atoms with Gasteiger partial charge in [0.25, 0.3) is 0 Å². The molecule has 0 aliphatic heterocycles. The molecule has 1 aromatic carbocycles. The summed E-state index contributed by atoms with van der Waals surface area (Å²) in [5, 5.41) is 8.90. The molecule has 0 heterocycles. The van der Waals surface area contributed by atoms with Crippen molar-refractivity contribution >= 4 is 5.97 Å². The zero-order valence-electron chi connectivity index (χ0n) is 10.9. The number of aryl methyl sites for hydroxylation is 1. The van der Waals surface area contributed by atoms with Gasteiger partial charge in [-0.3, -0.25) is 4.79 Å². The van der Waals surface area contributed by atoms with E-state index in [0.29, 0.717) is 5.92 Å². The predicted molar refractivity (Wildman–Crippen MR) is 69.1 cm³/mol. The third-order valence-corrected chi connectivity index (χ3v) is 3.06. The van der Waals surface area contributed by atoms with Gasteiger partial charge in [-0.05, 0) is 36.5 Å². The number of carboxylic acid groups (broad SMARTS) is 1. The molecule has 0 bridgehead atoms. The summed E-state index contributed by atoms with van der Waals surface area (Å²) in [5.41, 5.74) is 8.46. The lowest BCUT2D eigenvalue weighted by atomic mass is 9.84. The van der Waals surface area contributed by atoms with E-state index in [0.717, 1.165) is 11.1 Å². The standard InChI is InChI=1S/C14H21NO2/c1-9(2)11-6-5-10(3)12(7-11)14(4,15)8-13(16)17/h5-7,9H,8,15H2,1-4H3,(H,16,17). The van der Waals surface area contributed by atoms with E-state index >= 15 is 0 Å². The van der Waals surface area contributed by atoms with Crippen molar-refractivity contribution in [3.05, 3.63) is 34.9 Å². The number of hydrogen-bond acceptors (Lipinski definition) is 2. The van der Waals surface area contributed by atoms with Crippen LogP contribution in [-0.2, 0) is 10.3 Å². The SMILES string of the molecule is Cc1ccc(C(C)C)cc1C(C)(N)CC(=O)O. The van der Waals surface area contributed by atoms with E-state index < -0.39 is 11.5 Å². The fourth-order valence-electron chi connectivity index (χ4n) is 2.02. The molecule has 17 heavy (non-hydrogen) atoms. The molecule has 3 nitrogen and oxygen atoms in total. The summed E-state index contributed by atoms with van der Waals surface area (Å²) in [6.45, 7) is 7.96. The first-order chi connectivity index (χ1) is 7.74. The van der Waals surface area contributed by atoms with Gasteiger partial charge in [0.1, 0.15) is 0 Å². The number of carbonyl (C=O) groups is 1. The quantitative estimate of drug-likeness (QED) is 0.843. The summed E-state index contributed by atoms with van der Waals surface area (Å²) in [4.78, 5) is 10.8. The maximum atomic E-state index is 10.8. The van der Waals surface area contributed by atoms with Gasteiger partial charge in [0.2, 0.25) is 0 Å². The Balaban J connectivity index is 3.19. The average molecular weight is 235 g/mol. The highest BCUT2D eigenvalue weighted by molar-refractivity contribution is 5.69. The van der Waals surface area contributed by atoms with E-state index in [1.165, 1.54) is 5.56 Å². The lowest BCUT2D eigenvalue weighted by Crippen LogP contribution is -2.36. The topological polar surface area (TPSA) is 63.3 Å². The summed E-state index contributed by atoms with van der Waals surface area (Å²) >= 11 is 0. The summed E-state index contributed by atoms with van der Waals surface area (Å²) in [6, 6.07) is 6.11. The largest absolute Gasteiger partial charge is 0.481 e. The number of carboxylic acids is 1. The van der Waals surface area contributed by atoms with Crippen molar-refractivity contribution in [2.75, 3.05) is 0 Å². The Labute approximate surface area is 103 Å². The smallest absolute Gasteiger partial charge is 0.305 e. The maximum Gasteiger partial charge on any atom is 0.305 e. The molecule has 1 unspecified atom stereocenters. The van der Waals surface area contributed by atoms with Gasteiger partial charge in [0.15, 0.2) is 0 Å². The molecule has 1 atom stereocenters. The van der Waals surface area contributed by atoms with Crippen molar-refractivity contribution in [1.82, 2.24) is 0 Å². The first-order valence-electron chi connectivity index (χ1n) is 5.85. The average Bonchev–Trinajstić information content (AvgIpc) is 2.15. The normalized spacial score (nSPS) is 14.7. The van der Waals surface area contributed by atoms with E-state index in [1.807, 2.05) is 19.1 Å². The summed E-state index contributed by atoms with van der Waals surface area (Å²) in [6.07, 6.45) is -0.0601. The van der Waals surface area contributed by atoms with Crippen LogP contribution in [0.15, 0.2) is 18.2 Å². The molecule has 0 saturated carbocycles. The third kappa shape index (κ3) is 3.30. The van der Waals surface area contributed by atoms with E-state index in [-0.39, 0.29) is 6.42 Å². The van der Waals surface area contributed by atoms with Gasteiger partial charge in [0, 0.05) is 5.54 Å². The van der Waals surface area contributed by atoms with Crippen molar-refractivity contribution in [3.63, 3.8) is 0 Å². The van der Waals surface area contributed by atoms with Crippen molar-refractivity contribution in [2.45, 2.75) is 45.6 Å². The summed E-state index contributed by atoms with van der Waals surface area (Å²) in [5.74, 6) is -0.459. The summed E-state index contributed by atoms with van der Waals surface area (Å²) in [7, 11) is 0. The Morgan fingerprint density at radius 1 is 1.47 bits per heavy atom. The Morgan fingerprint density at radius 3 is 2.53 bits per heavy atom.